The minimum Gasteiger partial charge on any atom is -0.872 e. The van der Waals surface area contributed by atoms with E-state index in [1.165, 1.54) is 0 Å². The van der Waals surface area contributed by atoms with Crippen LogP contribution in [-0.4, -0.2) is 131 Å². The Kier molecular flexibility index (Phi) is 24.6. The SMILES string of the molecule is CN(C)C(N)=[N+](C)C.CN(C)C(N)=[N+](C)C.CN(C)C(N)=[N+](C)C.[La+3].[O-]c1ccc2ccccc2c1-c1c([O-])ccc2ccccc12.[O-]c1ccc2ccccc2c1-c1c([O-])ccc2ccccc12.[O-]c1ccc2ccccc2c1-c1c([O-])ccc2ccccc12. The molecule has 0 aliphatic heterocycles. The van der Waals surface area contributed by atoms with Crippen molar-refractivity contribution in [2.75, 3.05) is 84.6 Å². The summed E-state index contributed by atoms with van der Waals surface area (Å²) in [7, 11) is 22.9. The molecule has 16 heteroatoms. The van der Waals surface area contributed by atoms with Gasteiger partial charge in [0, 0.05) is 0 Å². The first-order valence-electron chi connectivity index (χ1n) is 29.0. The van der Waals surface area contributed by atoms with E-state index in [4.69, 9.17) is 17.2 Å². The molecular weight excluding hydrogens is 1260 g/mol. The van der Waals surface area contributed by atoms with E-state index in [1.807, 2.05) is 259 Å². The molecule has 0 bridgehead atoms. The van der Waals surface area contributed by atoms with Gasteiger partial charge in [-0.25, -0.2) is 0 Å². The molecule has 0 aromatic heterocycles. The second kappa shape index (κ2) is 32.0. The maximum Gasteiger partial charge on any atom is 3.00 e. The summed E-state index contributed by atoms with van der Waals surface area (Å²) in [5.74, 6) is 1.60. The Balaban J connectivity index is 0.000000184. The van der Waals surface area contributed by atoms with Gasteiger partial charge in [0.2, 0.25) is 0 Å². The molecule has 6 N–H and O–H groups in total. The molecule has 12 rings (SSSR count). The minimum absolute atomic E-state index is 0. The summed E-state index contributed by atoms with van der Waals surface area (Å²) in [4.78, 5) is 5.58. The van der Waals surface area contributed by atoms with E-state index in [9.17, 15) is 30.6 Å². The number of nitrogens with two attached hydrogens (primary N) is 3. The van der Waals surface area contributed by atoms with Crippen LogP contribution in [0.2, 0.25) is 0 Å². The van der Waals surface area contributed by atoms with Crippen LogP contribution in [0.25, 0.3) is 98.0 Å². The van der Waals surface area contributed by atoms with E-state index in [-0.39, 0.29) is 70.1 Å². The molecule has 0 saturated carbocycles. The zero-order valence-corrected chi connectivity index (χ0v) is 57.4. The third-order valence-corrected chi connectivity index (χ3v) is 14.8. The molecule has 0 amide bonds. The zero-order chi connectivity index (χ0) is 65.5. The van der Waals surface area contributed by atoms with E-state index >= 15 is 0 Å². The Morgan fingerprint density at radius 3 is 0.484 bits per heavy atom. The maximum absolute atomic E-state index is 12.5. The zero-order valence-electron chi connectivity index (χ0n) is 53.7. The number of benzene rings is 12. The smallest absolute Gasteiger partial charge is 0.872 e. The van der Waals surface area contributed by atoms with E-state index in [0.717, 1.165) is 82.5 Å². The first kappa shape index (κ1) is 70.1. The Hall–Kier alpha value is -10.00. The van der Waals surface area contributed by atoms with Crippen LogP contribution >= 0.6 is 0 Å². The Labute approximate surface area is 561 Å². The van der Waals surface area contributed by atoms with Crippen molar-refractivity contribution in [3.05, 3.63) is 218 Å². The summed E-state index contributed by atoms with van der Waals surface area (Å²) in [6.45, 7) is 0. The molecular formula is C75H78LaN9O6. The average Bonchev–Trinajstić information content (AvgIpc) is 0.815. The van der Waals surface area contributed by atoms with Crippen molar-refractivity contribution in [2.45, 2.75) is 0 Å². The second-order valence-electron chi connectivity index (χ2n) is 22.4. The average molecular weight is 1340 g/mol. The number of hydrogen-bond acceptors (Lipinski definition) is 6. The fourth-order valence-electron chi connectivity index (χ4n) is 10.3. The monoisotopic (exact) mass is 1340 g/mol. The normalized spacial score (nSPS) is 10.3. The number of guanidine groups is 3. The standard InChI is InChI=1S/3C20H14O2.3C5H13N3.La/c3*21-17-11-9-13-5-1-3-7-15(13)19(17)20-16-8-4-2-6-14(16)10-12-18(20)22;3*1-7(2)5(6)8(3)4;/h3*1-12,21-22H;3*6H,1-4H3;/q;;;;;;+3/p-3. The molecule has 462 valence electrons. The number of fused-ring (bicyclic) bond motifs is 6. The third kappa shape index (κ3) is 16.8. The number of rotatable bonds is 3. The molecule has 12 aromatic carbocycles. The third-order valence-electron chi connectivity index (χ3n) is 14.8. The molecule has 0 unspecified atom stereocenters. The predicted molar refractivity (Wildman–Crippen MR) is 362 cm³/mol. The van der Waals surface area contributed by atoms with Crippen molar-refractivity contribution in [3.63, 3.8) is 0 Å². The summed E-state index contributed by atoms with van der Waals surface area (Å²) >= 11 is 0. The van der Waals surface area contributed by atoms with Crippen molar-refractivity contribution in [1.82, 2.24) is 14.7 Å². The van der Waals surface area contributed by atoms with Gasteiger partial charge >= 0.3 is 53.5 Å². The first-order valence-corrected chi connectivity index (χ1v) is 29.0. The van der Waals surface area contributed by atoms with Crippen LogP contribution < -0.4 is 47.8 Å². The van der Waals surface area contributed by atoms with Gasteiger partial charge in [-0.1, -0.05) is 218 Å². The predicted octanol–water partition coefficient (Wildman–Crippen LogP) is 8.83. The van der Waals surface area contributed by atoms with Crippen LogP contribution in [0.1, 0.15) is 0 Å². The van der Waals surface area contributed by atoms with Crippen molar-refractivity contribution in [1.29, 1.82) is 0 Å². The van der Waals surface area contributed by atoms with Crippen molar-refractivity contribution in [2.24, 2.45) is 17.2 Å². The van der Waals surface area contributed by atoms with Gasteiger partial charge in [0.25, 0.3) is 0 Å². The van der Waals surface area contributed by atoms with Crippen LogP contribution in [0.3, 0.4) is 0 Å². The second-order valence-corrected chi connectivity index (χ2v) is 22.4. The van der Waals surface area contributed by atoms with E-state index in [2.05, 4.69) is 0 Å². The van der Waals surface area contributed by atoms with Gasteiger partial charge in [0.05, 0.1) is 84.6 Å². The van der Waals surface area contributed by atoms with Crippen molar-refractivity contribution >= 4 is 82.5 Å². The minimum atomic E-state index is -0.118. The molecule has 12 aromatic rings. The Bertz CT molecular complexity index is 3900. The Morgan fingerprint density at radius 2 is 0.374 bits per heavy atom. The summed E-state index contributed by atoms with van der Waals surface area (Å²) in [5.41, 5.74) is 19.6. The molecule has 0 atom stereocenters. The topological polar surface area (TPSA) is 235 Å². The van der Waals surface area contributed by atoms with Crippen LogP contribution in [-0.2, 0) is 0 Å². The van der Waals surface area contributed by atoms with Crippen LogP contribution in [0.5, 0.6) is 34.5 Å². The molecule has 15 nitrogen and oxygen atoms in total. The fourth-order valence-corrected chi connectivity index (χ4v) is 10.3. The molecule has 0 heterocycles. The van der Waals surface area contributed by atoms with E-state index < -0.39 is 0 Å². The largest absolute Gasteiger partial charge is 3.00 e. The molecule has 0 aliphatic rings. The van der Waals surface area contributed by atoms with Crippen LogP contribution in [0.15, 0.2) is 218 Å². The summed E-state index contributed by atoms with van der Waals surface area (Å²) in [6.07, 6.45) is 0. The van der Waals surface area contributed by atoms with Crippen molar-refractivity contribution < 1.29 is 80.0 Å². The van der Waals surface area contributed by atoms with E-state index in [0.29, 0.717) is 33.4 Å². The first-order chi connectivity index (χ1) is 42.9. The molecule has 0 radical (unpaired) electrons. The molecule has 0 fully saturated rings. The van der Waals surface area contributed by atoms with Crippen molar-refractivity contribution in [3.8, 4) is 67.9 Å². The molecule has 0 spiro atoms. The summed E-state index contributed by atoms with van der Waals surface area (Å²) < 4.78 is 5.58. The van der Waals surface area contributed by atoms with Gasteiger partial charge in [0.15, 0.2) is 0 Å². The summed E-state index contributed by atoms with van der Waals surface area (Å²) in [5, 5.41) is 85.7. The number of hydrogen-bond donors (Lipinski definition) is 3. The fraction of sp³-hybridized carbons (Fsp3) is 0.160. The van der Waals surface area contributed by atoms with E-state index in [1.54, 1.807) is 72.8 Å². The maximum atomic E-state index is 12.5. The summed E-state index contributed by atoms with van der Waals surface area (Å²) in [6, 6.07) is 66.1. The molecule has 91 heavy (non-hydrogen) atoms. The van der Waals surface area contributed by atoms with Gasteiger partial charge < -0.3 is 30.6 Å². The van der Waals surface area contributed by atoms with Crippen LogP contribution in [0, 0.1) is 35.6 Å². The quantitative estimate of drug-likeness (QED) is 0.0855. The Morgan fingerprint density at radius 1 is 0.242 bits per heavy atom. The molecule has 0 aliphatic carbocycles. The van der Waals surface area contributed by atoms with Gasteiger partial charge in [-0.2, -0.15) is 0 Å². The molecule has 0 saturated heterocycles. The van der Waals surface area contributed by atoms with Gasteiger partial charge in [0.1, 0.15) is 0 Å². The van der Waals surface area contributed by atoms with Gasteiger partial charge in [-0.05, 0) is 98.0 Å². The number of nitrogens with zero attached hydrogens (tertiary/aromatic N) is 6. The van der Waals surface area contributed by atoms with Crippen LogP contribution in [0.4, 0.5) is 0 Å². The van der Waals surface area contributed by atoms with Gasteiger partial charge in [-0.15, -0.1) is 34.5 Å². The van der Waals surface area contributed by atoms with Gasteiger partial charge in [-0.3, -0.25) is 45.6 Å².